The van der Waals surface area contributed by atoms with Crippen LogP contribution in [-0.2, 0) is 30.2 Å². The van der Waals surface area contributed by atoms with E-state index in [4.69, 9.17) is 0 Å². The van der Waals surface area contributed by atoms with Gasteiger partial charge in [0.05, 0.1) is 6.54 Å². The zero-order chi connectivity index (χ0) is 26.3. The highest BCUT2D eigenvalue weighted by Gasteiger charge is 2.28. The second-order valence-electron chi connectivity index (χ2n) is 8.57. The Balaban J connectivity index is 0.000000205. The van der Waals surface area contributed by atoms with Crippen molar-refractivity contribution in [2.24, 2.45) is 0 Å². The van der Waals surface area contributed by atoms with Gasteiger partial charge in [0, 0.05) is 39.1 Å². The summed E-state index contributed by atoms with van der Waals surface area (Å²) in [7, 11) is 0. The maximum Gasteiger partial charge on any atom is 0.229 e. The second kappa shape index (κ2) is 13.6. The predicted molar refractivity (Wildman–Crippen MR) is 152 cm³/mol. The number of carbonyl (C=O) groups is 4. The molecule has 0 atom stereocenters. The van der Waals surface area contributed by atoms with Crippen molar-refractivity contribution in [1.29, 1.82) is 0 Å². The summed E-state index contributed by atoms with van der Waals surface area (Å²) in [5.41, 5.74) is 7.32. The monoisotopic (exact) mass is 718 g/mol. The molecule has 2 aromatic carbocycles. The van der Waals surface area contributed by atoms with Gasteiger partial charge in [-0.15, -0.1) is 0 Å². The number of alkyl halides is 1. The van der Waals surface area contributed by atoms with Gasteiger partial charge in [0.1, 0.15) is 0 Å². The molecule has 0 radical (unpaired) electrons. The average Bonchev–Trinajstić information content (AvgIpc) is 3.34. The van der Waals surface area contributed by atoms with E-state index in [-0.39, 0.29) is 23.6 Å². The maximum atomic E-state index is 11.5. The van der Waals surface area contributed by atoms with Gasteiger partial charge in [-0.3, -0.25) is 29.4 Å². The molecular formula is C26H29Br2IN2O4. The molecule has 0 bridgehead atoms. The van der Waals surface area contributed by atoms with Crippen LogP contribution in [0.1, 0.15) is 59.1 Å². The topological polar surface area (TPSA) is 83.6 Å². The standard InChI is InChI=1S/C13H14BrNO2.C9H10BrI.C4H5NO2/c1-8-5-10(6-9(2)13(8)14)7-15-11(16)3-4-12(15)17;1-6-3-8(5-11)4-7(2)9(6)10;6-3-1-2-4(7)5-3/h5-6H,3-4,7H2,1-2H3;3-4H,5H2,1-2H3;1-2H2,(H,5,6,7). The van der Waals surface area contributed by atoms with Crippen molar-refractivity contribution in [3.63, 3.8) is 0 Å². The zero-order valence-electron chi connectivity index (χ0n) is 20.3. The first-order valence-electron chi connectivity index (χ1n) is 11.2. The molecule has 2 saturated heterocycles. The normalized spacial score (nSPS) is 14.9. The van der Waals surface area contributed by atoms with Crippen LogP contribution in [0.15, 0.2) is 33.2 Å². The first kappa shape index (κ1) is 29.6. The number of rotatable bonds is 3. The van der Waals surface area contributed by atoms with Crippen molar-refractivity contribution >= 4 is 78.1 Å². The number of carbonyl (C=O) groups excluding carboxylic acids is 4. The minimum Gasteiger partial charge on any atom is -0.296 e. The number of likely N-dealkylation sites (tertiary alicyclic amines) is 1. The minimum atomic E-state index is -0.148. The number of amides is 4. The Hall–Kier alpha value is -1.59. The van der Waals surface area contributed by atoms with E-state index in [1.54, 1.807) is 0 Å². The van der Waals surface area contributed by atoms with E-state index in [1.165, 1.54) is 26.1 Å². The Morgan fingerprint density at radius 3 is 1.40 bits per heavy atom. The lowest BCUT2D eigenvalue weighted by Gasteiger charge is -2.15. The quantitative estimate of drug-likeness (QED) is 0.235. The third-order valence-corrected chi connectivity index (χ3v) is 8.88. The van der Waals surface area contributed by atoms with Gasteiger partial charge in [0.15, 0.2) is 0 Å². The first-order valence-corrected chi connectivity index (χ1v) is 14.3. The van der Waals surface area contributed by atoms with Gasteiger partial charge in [-0.2, -0.15) is 0 Å². The van der Waals surface area contributed by atoms with Gasteiger partial charge in [-0.05, 0) is 61.1 Å². The third-order valence-electron chi connectivity index (χ3n) is 5.50. The molecule has 0 saturated carbocycles. The lowest BCUT2D eigenvalue weighted by molar-refractivity contribution is -0.139. The number of nitrogens with zero attached hydrogens (tertiary/aromatic N) is 1. The lowest BCUT2D eigenvalue weighted by Crippen LogP contribution is -2.28. The number of hydrogen-bond acceptors (Lipinski definition) is 4. The smallest absolute Gasteiger partial charge is 0.229 e. The van der Waals surface area contributed by atoms with Gasteiger partial charge >= 0.3 is 0 Å². The molecule has 9 heteroatoms. The van der Waals surface area contributed by atoms with Gasteiger partial charge < -0.3 is 0 Å². The van der Waals surface area contributed by atoms with E-state index in [9.17, 15) is 19.2 Å². The summed E-state index contributed by atoms with van der Waals surface area (Å²) in [5, 5.41) is 2.14. The van der Waals surface area contributed by atoms with E-state index in [0.717, 1.165) is 25.6 Å². The fraction of sp³-hybridized carbons (Fsp3) is 0.385. The van der Waals surface area contributed by atoms with Crippen LogP contribution < -0.4 is 5.32 Å². The predicted octanol–water partition coefficient (Wildman–Crippen LogP) is 6.14. The molecule has 2 aliphatic rings. The van der Waals surface area contributed by atoms with Crippen molar-refractivity contribution < 1.29 is 19.2 Å². The molecule has 4 amide bonds. The molecule has 35 heavy (non-hydrogen) atoms. The van der Waals surface area contributed by atoms with Crippen LogP contribution in [0.3, 0.4) is 0 Å². The van der Waals surface area contributed by atoms with Crippen LogP contribution >= 0.6 is 54.5 Å². The molecule has 1 N–H and O–H groups in total. The van der Waals surface area contributed by atoms with Crippen LogP contribution in [0.4, 0.5) is 0 Å². The lowest BCUT2D eigenvalue weighted by atomic mass is 10.1. The molecule has 2 aliphatic heterocycles. The molecule has 2 heterocycles. The summed E-state index contributed by atoms with van der Waals surface area (Å²) in [6, 6.07) is 8.47. The number of imide groups is 2. The molecule has 4 rings (SSSR count). The van der Waals surface area contributed by atoms with E-state index >= 15 is 0 Å². The highest BCUT2D eigenvalue weighted by atomic mass is 127. The highest BCUT2D eigenvalue weighted by Crippen LogP contribution is 2.25. The zero-order valence-corrected chi connectivity index (χ0v) is 25.6. The summed E-state index contributed by atoms with van der Waals surface area (Å²) in [6.07, 6.45) is 1.46. The first-order chi connectivity index (χ1) is 16.4. The Morgan fingerprint density at radius 2 is 1.09 bits per heavy atom. The molecule has 2 fully saturated rings. The molecule has 0 spiro atoms. The minimum absolute atomic E-state index is 0.0618. The molecular weight excluding hydrogens is 691 g/mol. The van der Waals surface area contributed by atoms with Gasteiger partial charge in [-0.25, -0.2) is 0 Å². The largest absolute Gasteiger partial charge is 0.296 e. The molecule has 2 aromatic rings. The molecule has 0 aliphatic carbocycles. The number of aryl methyl sites for hydroxylation is 4. The van der Waals surface area contributed by atoms with E-state index < -0.39 is 0 Å². The van der Waals surface area contributed by atoms with Crippen LogP contribution in [0, 0.1) is 27.7 Å². The number of halogens is 3. The Labute approximate surface area is 237 Å². The maximum absolute atomic E-state index is 11.5. The van der Waals surface area contributed by atoms with Crippen LogP contribution in [0.5, 0.6) is 0 Å². The van der Waals surface area contributed by atoms with Crippen molar-refractivity contribution in [3.8, 4) is 0 Å². The Bertz CT molecular complexity index is 1070. The SMILES string of the molecule is Cc1cc(CI)cc(C)c1Br.Cc1cc(CN2C(=O)CCC2=O)cc(C)c1Br.O=C1CCC(=O)N1. The molecule has 188 valence electrons. The van der Waals surface area contributed by atoms with Crippen molar-refractivity contribution in [2.75, 3.05) is 0 Å². The van der Waals surface area contributed by atoms with Crippen molar-refractivity contribution in [1.82, 2.24) is 10.2 Å². The van der Waals surface area contributed by atoms with Crippen LogP contribution in [-0.4, -0.2) is 28.5 Å². The van der Waals surface area contributed by atoms with E-state index in [1.807, 2.05) is 26.0 Å². The molecule has 0 unspecified atom stereocenters. The van der Waals surface area contributed by atoms with Gasteiger partial charge in [0.25, 0.3) is 0 Å². The van der Waals surface area contributed by atoms with Crippen molar-refractivity contribution in [3.05, 3.63) is 66.6 Å². The Kier molecular flexibility index (Phi) is 11.6. The summed E-state index contributed by atoms with van der Waals surface area (Å²) in [6.45, 7) is 8.68. The van der Waals surface area contributed by atoms with Crippen molar-refractivity contribution in [2.45, 2.75) is 64.4 Å². The fourth-order valence-corrected chi connectivity index (χ4v) is 4.63. The van der Waals surface area contributed by atoms with E-state index in [2.05, 4.69) is 85.7 Å². The summed E-state index contributed by atoms with van der Waals surface area (Å²) in [4.78, 5) is 44.6. The van der Waals surface area contributed by atoms with Crippen LogP contribution in [0.2, 0.25) is 0 Å². The second-order valence-corrected chi connectivity index (χ2v) is 10.9. The number of benzene rings is 2. The van der Waals surface area contributed by atoms with E-state index in [0.29, 0.717) is 32.2 Å². The fourth-order valence-electron chi connectivity index (χ4n) is 3.73. The summed E-state index contributed by atoms with van der Waals surface area (Å²) >= 11 is 9.43. The van der Waals surface area contributed by atoms with Gasteiger partial charge in [0.2, 0.25) is 23.6 Å². The van der Waals surface area contributed by atoms with Crippen LogP contribution in [0.25, 0.3) is 0 Å². The van der Waals surface area contributed by atoms with Gasteiger partial charge in [-0.1, -0.05) is 78.7 Å². The molecule has 6 nitrogen and oxygen atoms in total. The number of nitrogens with one attached hydrogen (secondary N) is 1. The molecule has 0 aromatic heterocycles. The number of hydrogen-bond donors (Lipinski definition) is 1. The average molecular weight is 720 g/mol. The third kappa shape index (κ3) is 8.78. The highest BCUT2D eigenvalue weighted by molar-refractivity contribution is 14.1. The summed E-state index contributed by atoms with van der Waals surface area (Å²) in [5.74, 6) is -0.420. The summed E-state index contributed by atoms with van der Waals surface area (Å²) < 4.78 is 3.42. The Morgan fingerprint density at radius 1 is 0.714 bits per heavy atom.